The minimum Gasteiger partial charge on any atom is -0.0916 e. The van der Waals surface area contributed by atoms with Crippen molar-refractivity contribution in [3.8, 4) is 0 Å². The molecule has 0 spiro atoms. The molecule has 3 rings (SSSR count). The summed E-state index contributed by atoms with van der Waals surface area (Å²) in [5, 5.41) is 0. The number of rotatable bonds is 3. The van der Waals surface area contributed by atoms with Crippen LogP contribution in [0.1, 0.15) is 53.3 Å². The van der Waals surface area contributed by atoms with Crippen molar-refractivity contribution in [3.05, 3.63) is 70.8 Å². The maximum absolute atomic E-state index is 2.40. The molecular weight excluding hydrogens is 271 g/mol. The van der Waals surface area contributed by atoms with E-state index in [1.165, 1.54) is 30.1 Å². The molecule has 0 radical (unpaired) electrons. The Hall–Kier alpha value is -1.13. The van der Waals surface area contributed by atoms with Gasteiger partial charge in [0, 0.05) is 11.3 Å². The number of aryl methyl sites for hydroxylation is 2. The van der Waals surface area contributed by atoms with Gasteiger partial charge in [-0.2, -0.15) is 0 Å². The molecule has 0 nitrogen and oxygen atoms in total. The van der Waals surface area contributed by atoms with Crippen molar-refractivity contribution < 1.29 is 0 Å². The van der Waals surface area contributed by atoms with Gasteiger partial charge in [0.15, 0.2) is 0 Å². The normalized spacial score (nSPS) is 25.2. The Kier molecular flexibility index (Phi) is 4.45. The molecule has 0 aromatic heterocycles. The summed E-state index contributed by atoms with van der Waals surface area (Å²) >= 11 is 0. The molecule has 1 saturated heterocycles. The average Bonchev–Trinajstić information content (AvgIpc) is 2.91. The highest BCUT2D eigenvalue weighted by Crippen LogP contribution is 2.70. The lowest BCUT2D eigenvalue weighted by atomic mass is 9.99. The van der Waals surface area contributed by atoms with Crippen LogP contribution in [-0.4, -0.2) is 6.16 Å². The van der Waals surface area contributed by atoms with Crippen molar-refractivity contribution in [1.29, 1.82) is 0 Å². The smallest absolute Gasteiger partial charge is 0.00501 e. The van der Waals surface area contributed by atoms with Crippen LogP contribution < -0.4 is 0 Å². The van der Waals surface area contributed by atoms with Crippen molar-refractivity contribution in [2.24, 2.45) is 0 Å². The number of hydrogen-bond acceptors (Lipinski definition) is 0. The molecule has 1 heteroatoms. The van der Waals surface area contributed by atoms with Crippen molar-refractivity contribution >= 4 is 7.92 Å². The zero-order chi connectivity index (χ0) is 14.8. The summed E-state index contributed by atoms with van der Waals surface area (Å²) in [6.45, 7) is 6.95. The first kappa shape index (κ1) is 14.8. The van der Waals surface area contributed by atoms with Gasteiger partial charge in [-0.15, -0.1) is 0 Å². The Balaban J connectivity index is 1.94. The second kappa shape index (κ2) is 6.32. The Morgan fingerprint density at radius 1 is 0.810 bits per heavy atom. The molecule has 0 saturated carbocycles. The van der Waals surface area contributed by atoms with Gasteiger partial charge >= 0.3 is 0 Å². The van der Waals surface area contributed by atoms with Crippen LogP contribution in [0.5, 0.6) is 0 Å². The van der Waals surface area contributed by atoms with E-state index in [4.69, 9.17) is 0 Å². The standard InChI is InChI=1S/C20H25P/c1-4-21-19(17-11-7-5-9-15(17)2)13-14-20(21)18-12-8-6-10-16(18)3/h5-12,19-20H,4,13-14H2,1-3H3. The highest BCUT2D eigenvalue weighted by Gasteiger charge is 2.36. The van der Waals surface area contributed by atoms with E-state index in [2.05, 4.69) is 69.3 Å². The second-order valence-corrected chi connectivity index (χ2v) is 9.06. The maximum atomic E-state index is 2.40. The summed E-state index contributed by atoms with van der Waals surface area (Å²) in [6, 6.07) is 18.1. The predicted octanol–water partition coefficient (Wildman–Crippen LogP) is 6.38. The summed E-state index contributed by atoms with van der Waals surface area (Å²) < 4.78 is 0. The number of benzene rings is 2. The highest BCUT2D eigenvalue weighted by molar-refractivity contribution is 7.58. The quantitative estimate of drug-likeness (QED) is 0.576. The van der Waals surface area contributed by atoms with E-state index in [0.717, 1.165) is 11.3 Å². The molecule has 110 valence electrons. The van der Waals surface area contributed by atoms with Crippen LogP contribution in [0.4, 0.5) is 0 Å². The van der Waals surface area contributed by atoms with E-state index in [-0.39, 0.29) is 7.92 Å². The minimum absolute atomic E-state index is 0.0453. The average molecular weight is 296 g/mol. The minimum atomic E-state index is 0.0453. The lowest BCUT2D eigenvalue weighted by Crippen LogP contribution is -1.99. The highest BCUT2D eigenvalue weighted by atomic mass is 31.1. The Morgan fingerprint density at radius 2 is 1.24 bits per heavy atom. The van der Waals surface area contributed by atoms with Gasteiger partial charge in [-0.1, -0.05) is 63.4 Å². The SMILES string of the molecule is CCP1C(c2ccccc2C)CCC1c1ccccc1C. The van der Waals surface area contributed by atoms with Gasteiger partial charge in [0.25, 0.3) is 0 Å². The molecular formula is C20H25P. The first-order valence-electron chi connectivity index (χ1n) is 8.09. The van der Waals surface area contributed by atoms with Crippen LogP contribution in [0.15, 0.2) is 48.5 Å². The van der Waals surface area contributed by atoms with Crippen molar-refractivity contribution in [2.75, 3.05) is 6.16 Å². The third-order valence-electron chi connectivity index (χ3n) is 4.97. The van der Waals surface area contributed by atoms with Crippen molar-refractivity contribution in [1.82, 2.24) is 0 Å². The zero-order valence-electron chi connectivity index (χ0n) is 13.3. The van der Waals surface area contributed by atoms with Crippen LogP contribution in [0.3, 0.4) is 0 Å². The van der Waals surface area contributed by atoms with E-state index in [0.29, 0.717) is 0 Å². The molecule has 2 aromatic carbocycles. The Labute approximate surface area is 130 Å². The third kappa shape index (κ3) is 2.79. The molecule has 2 aromatic rings. The van der Waals surface area contributed by atoms with Gasteiger partial charge in [0.2, 0.25) is 0 Å². The Bertz CT molecular complexity index is 563. The van der Waals surface area contributed by atoms with Crippen LogP contribution in [0, 0.1) is 13.8 Å². The molecule has 21 heavy (non-hydrogen) atoms. The lowest BCUT2D eigenvalue weighted by molar-refractivity contribution is 0.760. The first-order chi connectivity index (χ1) is 10.2. The van der Waals surface area contributed by atoms with Gasteiger partial charge in [-0.05, 0) is 55.1 Å². The van der Waals surface area contributed by atoms with Gasteiger partial charge in [-0.3, -0.25) is 0 Å². The van der Waals surface area contributed by atoms with Crippen molar-refractivity contribution in [3.63, 3.8) is 0 Å². The van der Waals surface area contributed by atoms with E-state index < -0.39 is 0 Å². The van der Waals surface area contributed by atoms with Crippen LogP contribution in [0.2, 0.25) is 0 Å². The molecule has 1 fully saturated rings. The van der Waals surface area contributed by atoms with Crippen molar-refractivity contribution in [2.45, 2.75) is 44.9 Å². The molecule has 0 bridgehead atoms. The summed E-state index contributed by atoms with van der Waals surface area (Å²) in [5.74, 6) is 0. The topological polar surface area (TPSA) is 0 Å². The third-order valence-corrected chi connectivity index (χ3v) is 8.38. The number of hydrogen-bond donors (Lipinski definition) is 0. The summed E-state index contributed by atoms with van der Waals surface area (Å²) in [6.07, 6.45) is 4.07. The monoisotopic (exact) mass is 296 g/mol. The fourth-order valence-electron chi connectivity index (χ4n) is 3.90. The van der Waals surface area contributed by atoms with Gasteiger partial charge in [-0.25, -0.2) is 0 Å². The molecule has 0 aliphatic carbocycles. The Morgan fingerprint density at radius 3 is 1.62 bits per heavy atom. The predicted molar refractivity (Wildman–Crippen MR) is 94.5 cm³/mol. The van der Waals surface area contributed by atoms with E-state index in [9.17, 15) is 0 Å². The largest absolute Gasteiger partial charge is 0.0916 e. The summed E-state index contributed by atoms with van der Waals surface area (Å²) in [4.78, 5) is 0. The van der Waals surface area contributed by atoms with E-state index in [1.807, 2.05) is 0 Å². The molecule has 0 N–H and O–H groups in total. The zero-order valence-corrected chi connectivity index (χ0v) is 14.2. The van der Waals surface area contributed by atoms with Gasteiger partial charge in [0.05, 0.1) is 0 Å². The fourth-order valence-corrected chi connectivity index (χ4v) is 7.47. The fraction of sp³-hybridized carbons (Fsp3) is 0.400. The van der Waals surface area contributed by atoms with E-state index >= 15 is 0 Å². The molecule has 1 aliphatic heterocycles. The molecule has 2 unspecified atom stereocenters. The van der Waals surface area contributed by atoms with Gasteiger partial charge in [0.1, 0.15) is 0 Å². The van der Waals surface area contributed by atoms with E-state index in [1.54, 1.807) is 11.1 Å². The van der Waals surface area contributed by atoms with Crippen LogP contribution in [-0.2, 0) is 0 Å². The van der Waals surface area contributed by atoms with Crippen LogP contribution >= 0.6 is 7.92 Å². The maximum Gasteiger partial charge on any atom is 0.00501 e. The molecule has 1 heterocycles. The molecule has 1 aliphatic rings. The summed E-state index contributed by atoms with van der Waals surface area (Å²) in [5.41, 5.74) is 7.79. The summed E-state index contributed by atoms with van der Waals surface area (Å²) in [7, 11) is 0.0453. The van der Waals surface area contributed by atoms with Crippen LogP contribution in [0.25, 0.3) is 0 Å². The molecule has 0 amide bonds. The first-order valence-corrected chi connectivity index (χ1v) is 9.75. The lowest BCUT2D eigenvalue weighted by Gasteiger charge is -2.27. The second-order valence-electron chi connectivity index (χ2n) is 6.15. The molecule has 2 atom stereocenters. The van der Waals surface area contributed by atoms with Gasteiger partial charge < -0.3 is 0 Å².